The zero-order valence-electron chi connectivity index (χ0n) is 13.6. The fourth-order valence-corrected chi connectivity index (χ4v) is 4.01. The molecule has 4 nitrogen and oxygen atoms in total. The number of pyridine rings is 1. The first-order valence-electron chi connectivity index (χ1n) is 8.65. The van der Waals surface area contributed by atoms with Crippen molar-refractivity contribution in [2.24, 2.45) is 0 Å². The first kappa shape index (κ1) is 15.5. The van der Waals surface area contributed by atoms with Gasteiger partial charge in [0, 0.05) is 31.0 Å². The number of rotatable bonds is 4. The first-order valence-corrected chi connectivity index (χ1v) is 8.65. The molecule has 4 heteroatoms. The van der Waals surface area contributed by atoms with Gasteiger partial charge in [-0.05, 0) is 50.9 Å². The van der Waals surface area contributed by atoms with Gasteiger partial charge in [-0.15, -0.1) is 0 Å². The molecule has 0 radical (unpaired) electrons. The summed E-state index contributed by atoms with van der Waals surface area (Å²) in [5, 5.41) is 0. The predicted molar refractivity (Wildman–Crippen MR) is 87.6 cm³/mol. The number of aromatic nitrogens is 1. The molecule has 1 aromatic rings. The second-order valence-electron chi connectivity index (χ2n) is 6.66. The Morgan fingerprint density at radius 1 is 1.23 bits per heavy atom. The maximum atomic E-state index is 12.6. The lowest BCUT2D eigenvalue weighted by Gasteiger charge is -2.42. The maximum absolute atomic E-state index is 12.6. The molecule has 0 unspecified atom stereocenters. The zero-order chi connectivity index (χ0) is 15.4. The highest BCUT2D eigenvalue weighted by Crippen LogP contribution is 2.29. The molecule has 2 fully saturated rings. The van der Waals surface area contributed by atoms with Crippen molar-refractivity contribution in [1.82, 2.24) is 14.8 Å². The summed E-state index contributed by atoms with van der Waals surface area (Å²) in [6.07, 6.45) is 9.74. The van der Waals surface area contributed by atoms with Crippen LogP contribution >= 0.6 is 0 Å². The van der Waals surface area contributed by atoms with Crippen LogP contribution in [0, 0.1) is 0 Å². The Kier molecular flexibility index (Phi) is 5.08. The summed E-state index contributed by atoms with van der Waals surface area (Å²) in [5.41, 5.74) is 0.868. The largest absolute Gasteiger partial charge is 0.341 e. The second-order valence-corrected chi connectivity index (χ2v) is 6.66. The molecule has 2 heterocycles. The van der Waals surface area contributed by atoms with Crippen molar-refractivity contribution in [3.8, 4) is 0 Å². The Morgan fingerprint density at radius 3 is 2.73 bits per heavy atom. The van der Waals surface area contributed by atoms with Gasteiger partial charge in [-0.1, -0.05) is 18.9 Å². The third-order valence-corrected chi connectivity index (χ3v) is 5.25. The molecular weight excluding hydrogens is 274 g/mol. The van der Waals surface area contributed by atoms with Crippen LogP contribution in [-0.4, -0.2) is 52.9 Å². The normalized spacial score (nSPS) is 26.0. The van der Waals surface area contributed by atoms with Crippen LogP contribution in [0.2, 0.25) is 0 Å². The van der Waals surface area contributed by atoms with Gasteiger partial charge in [0.05, 0.1) is 6.42 Å². The molecule has 0 N–H and O–H groups in total. The molecule has 3 rings (SSSR count). The maximum Gasteiger partial charge on any atom is 0.228 e. The highest BCUT2D eigenvalue weighted by molar-refractivity contribution is 5.78. The van der Waals surface area contributed by atoms with Gasteiger partial charge in [0.2, 0.25) is 5.91 Å². The van der Waals surface area contributed by atoms with Gasteiger partial charge in [0.15, 0.2) is 0 Å². The predicted octanol–water partition coefficient (Wildman–Crippen LogP) is 2.49. The van der Waals surface area contributed by atoms with E-state index >= 15 is 0 Å². The standard InChI is InChI=1S/C18H27N3O/c1-20(18(22)14-15-8-4-5-11-19-15)16-9-2-3-10-17(16)21-12-6-7-13-21/h4-5,8,11,16-17H,2-3,6-7,9-10,12-14H2,1H3/t16-,17-/m0/s1. The van der Waals surface area contributed by atoms with Crippen molar-refractivity contribution in [3.63, 3.8) is 0 Å². The highest BCUT2D eigenvalue weighted by atomic mass is 16.2. The molecule has 1 aliphatic heterocycles. The third kappa shape index (κ3) is 3.49. The van der Waals surface area contributed by atoms with E-state index < -0.39 is 0 Å². The molecule has 120 valence electrons. The summed E-state index contributed by atoms with van der Waals surface area (Å²) < 4.78 is 0. The van der Waals surface area contributed by atoms with E-state index in [0.717, 1.165) is 12.1 Å². The number of hydrogen-bond acceptors (Lipinski definition) is 3. The van der Waals surface area contributed by atoms with Crippen molar-refractivity contribution in [2.75, 3.05) is 20.1 Å². The summed E-state index contributed by atoms with van der Waals surface area (Å²) in [6.45, 7) is 2.42. The molecule has 1 amide bonds. The minimum atomic E-state index is 0.204. The average molecular weight is 301 g/mol. The molecule has 1 aromatic heterocycles. The zero-order valence-corrected chi connectivity index (χ0v) is 13.6. The van der Waals surface area contributed by atoms with Gasteiger partial charge in [0.25, 0.3) is 0 Å². The summed E-state index contributed by atoms with van der Waals surface area (Å²) >= 11 is 0. The van der Waals surface area contributed by atoms with Crippen molar-refractivity contribution in [3.05, 3.63) is 30.1 Å². The van der Waals surface area contributed by atoms with Gasteiger partial charge >= 0.3 is 0 Å². The van der Waals surface area contributed by atoms with Crippen LogP contribution in [0.25, 0.3) is 0 Å². The number of hydrogen-bond donors (Lipinski definition) is 0. The first-order chi connectivity index (χ1) is 10.8. The lowest BCUT2D eigenvalue weighted by Crippen LogP contribution is -2.53. The van der Waals surface area contributed by atoms with E-state index in [4.69, 9.17) is 0 Å². The summed E-state index contributed by atoms with van der Waals surface area (Å²) in [6, 6.07) is 6.72. The molecule has 1 saturated heterocycles. The third-order valence-electron chi connectivity index (χ3n) is 5.25. The summed E-state index contributed by atoms with van der Waals surface area (Å²) in [7, 11) is 1.99. The minimum Gasteiger partial charge on any atom is -0.341 e. The van der Waals surface area contributed by atoms with Gasteiger partial charge in [-0.25, -0.2) is 0 Å². The van der Waals surface area contributed by atoms with E-state index in [1.165, 1.54) is 45.2 Å². The highest BCUT2D eigenvalue weighted by Gasteiger charge is 2.35. The van der Waals surface area contributed by atoms with E-state index in [-0.39, 0.29) is 5.91 Å². The van der Waals surface area contributed by atoms with Crippen LogP contribution in [0.4, 0.5) is 0 Å². The van der Waals surface area contributed by atoms with E-state index in [1.54, 1.807) is 6.20 Å². The van der Waals surface area contributed by atoms with Gasteiger partial charge in [0.1, 0.15) is 0 Å². The minimum absolute atomic E-state index is 0.204. The average Bonchev–Trinajstić information content (AvgIpc) is 3.09. The summed E-state index contributed by atoms with van der Waals surface area (Å²) in [5.74, 6) is 0.204. The molecule has 0 aromatic carbocycles. The topological polar surface area (TPSA) is 36.4 Å². The van der Waals surface area contributed by atoms with Crippen LogP contribution < -0.4 is 0 Å². The van der Waals surface area contributed by atoms with Crippen molar-refractivity contribution in [1.29, 1.82) is 0 Å². The van der Waals surface area contributed by atoms with Crippen LogP contribution in [0.5, 0.6) is 0 Å². The molecule has 1 saturated carbocycles. The van der Waals surface area contributed by atoms with E-state index in [0.29, 0.717) is 18.5 Å². The molecule has 2 aliphatic rings. The number of nitrogens with zero attached hydrogens (tertiary/aromatic N) is 3. The Morgan fingerprint density at radius 2 is 2.00 bits per heavy atom. The van der Waals surface area contributed by atoms with Crippen LogP contribution in [0.15, 0.2) is 24.4 Å². The van der Waals surface area contributed by atoms with Crippen molar-refractivity contribution < 1.29 is 4.79 Å². The Bertz CT molecular complexity index is 484. The Balaban J connectivity index is 1.65. The van der Waals surface area contributed by atoms with E-state index in [2.05, 4.69) is 9.88 Å². The SMILES string of the molecule is CN(C(=O)Cc1ccccn1)[C@H]1CCCC[C@@H]1N1CCCC1. The van der Waals surface area contributed by atoms with Crippen LogP contribution in [0.3, 0.4) is 0 Å². The smallest absolute Gasteiger partial charge is 0.228 e. The Labute approximate surface area is 133 Å². The van der Waals surface area contributed by atoms with Crippen molar-refractivity contribution >= 4 is 5.91 Å². The molecular formula is C18H27N3O. The fraction of sp³-hybridized carbons (Fsp3) is 0.667. The lowest BCUT2D eigenvalue weighted by molar-refractivity contribution is -0.133. The number of likely N-dealkylation sites (N-methyl/N-ethyl adjacent to an activating group) is 1. The van der Waals surface area contributed by atoms with E-state index in [1.807, 2.05) is 30.1 Å². The number of carbonyl (C=O) groups excluding carboxylic acids is 1. The number of amides is 1. The molecule has 22 heavy (non-hydrogen) atoms. The fourth-order valence-electron chi connectivity index (χ4n) is 4.01. The molecule has 1 aliphatic carbocycles. The van der Waals surface area contributed by atoms with E-state index in [9.17, 15) is 4.79 Å². The number of likely N-dealkylation sites (tertiary alicyclic amines) is 1. The number of carbonyl (C=O) groups is 1. The molecule has 0 bridgehead atoms. The van der Waals surface area contributed by atoms with Crippen molar-refractivity contribution in [2.45, 2.75) is 57.0 Å². The van der Waals surface area contributed by atoms with Crippen LogP contribution in [0.1, 0.15) is 44.2 Å². The lowest BCUT2D eigenvalue weighted by atomic mass is 9.88. The summed E-state index contributed by atoms with van der Waals surface area (Å²) in [4.78, 5) is 21.6. The van der Waals surface area contributed by atoms with Gasteiger partial charge in [-0.2, -0.15) is 0 Å². The van der Waals surface area contributed by atoms with Gasteiger partial charge in [-0.3, -0.25) is 14.7 Å². The Hall–Kier alpha value is -1.42. The van der Waals surface area contributed by atoms with Gasteiger partial charge < -0.3 is 4.90 Å². The second kappa shape index (κ2) is 7.23. The monoisotopic (exact) mass is 301 g/mol. The molecule has 0 spiro atoms. The quantitative estimate of drug-likeness (QED) is 0.857. The van der Waals surface area contributed by atoms with Crippen LogP contribution in [-0.2, 0) is 11.2 Å². The molecule has 2 atom stereocenters.